The van der Waals surface area contributed by atoms with Gasteiger partial charge in [0.1, 0.15) is 0 Å². The predicted octanol–water partition coefficient (Wildman–Crippen LogP) is 3.02. The Morgan fingerprint density at radius 3 is 2.37 bits per heavy atom. The Hall–Kier alpha value is -2.13. The molecule has 2 rings (SSSR count). The van der Waals surface area contributed by atoms with Crippen LogP contribution in [0.2, 0.25) is 0 Å². The van der Waals surface area contributed by atoms with Gasteiger partial charge in [-0.15, -0.1) is 0 Å². The summed E-state index contributed by atoms with van der Waals surface area (Å²) in [6.07, 6.45) is 1.57. The topological polar surface area (TPSA) is 63.3 Å². The van der Waals surface area contributed by atoms with Gasteiger partial charge in [0.2, 0.25) is 0 Å². The van der Waals surface area contributed by atoms with E-state index in [0.29, 0.717) is 11.1 Å². The fourth-order valence-electron chi connectivity index (χ4n) is 2.14. The number of carboxylic acid groups (broad SMARTS) is 1. The van der Waals surface area contributed by atoms with Crippen LogP contribution in [0.5, 0.6) is 0 Å². The zero-order chi connectivity index (χ0) is 13.7. The van der Waals surface area contributed by atoms with E-state index in [1.807, 2.05) is 24.3 Å². The van der Waals surface area contributed by atoms with Crippen molar-refractivity contribution in [3.05, 3.63) is 71.3 Å². The van der Waals surface area contributed by atoms with Gasteiger partial charge in [-0.1, -0.05) is 48.5 Å². The highest BCUT2D eigenvalue weighted by Gasteiger charge is 2.14. The number of aromatic carboxylic acids is 1. The zero-order valence-electron chi connectivity index (χ0n) is 10.6. The lowest BCUT2D eigenvalue weighted by Gasteiger charge is -2.14. The molecular formula is C16H17NO2. The summed E-state index contributed by atoms with van der Waals surface area (Å²) in [5, 5.41) is 9.14. The van der Waals surface area contributed by atoms with Gasteiger partial charge >= 0.3 is 5.97 Å². The van der Waals surface area contributed by atoms with Crippen LogP contribution >= 0.6 is 0 Å². The molecule has 0 aliphatic carbocycles. The summed E-state index contributed by atoms with van der Waals surface area (Å²) in [6, 6.07) is 16.7. The Bertz CT molecular complexity index is 552. The number of hydrogen-bond donors (Lipinski definition) is 2. The standard InChI is InChI=1S/C16H17NO2/c17-15(11-10-12-6-2-1-3-7-12)13-8-4-5-9-14(13)16(18)19/h1-9,15H,10-11,17H2,(H,18,19). The van der Waals surface area contributed by atoms with Gasteiger partial charge < -0.3 is 10.8 Å². The SMILES string of the molecule is NC(CCc1ccccc1)c1ccccc1C(=O)O. The normalized spacial score (nSPS) is 12.1. The van der Waals surface area contributed by atoms with E-state index in [-0.39, 0.29) is 6.04 Å². The van der Waals surface area contributed by atoms with E-state index in [4.69, 9.17) is 10.8 Å². The Morgan fingerprint density at radius 2 is 1.68 bits per heavy atom. The van der Waals surface area contributed by atoms with Gasteiger partial charge in [0, 0.05) is 6.04 Å². The monoisotopic (exact) mass is 255 g/mol. The summed E-state index contributed by atoms with van der Waals surface area (Å²) >= 11 is 0. The molecule has 3 N–H and O–H groups in total. The second kappa shape index (κ2) is 6.16. The minimum absolute atomic E-state index is 0.257. The summed E-state index contributed by atoms with van der Waals surface area (Å²) in [4.78, 5) is 11.1. The van der Waals surface area contributed by atoms with Crippen molar-refractivity contribution in [3.63, 3.8) is 0 Å². The number of rotatable bonds is 5. The first-order valence-electron chi connectivity index (χ1n) is 6.30. The lowest BCUT2D eigenvalue weighted by Crippen LogP contribution is -2.15. The fraction of sp³-hybridized carbons (Fsp3) is 0.188. The van der Waals surface area contributed by atoms with Crippen molar-refractivity contribution in [2.45, 2.75) is 18.9 Å². The lowest BCUT2D eigenvalue weighted by molar-refractivity contribution is 0.0695. The number of hydrogen-bond acceptors (Lipinski definition) is 2. The number of benzene rings is 2. The first-order valence-corrected chi connectivity index (χ1v) is 6.30. The number of carboxylic acids is 1. The summed E-state index contributed by atoms with van der Waals surface area (Å²) in [5.41, 5.74) is 8.33. The molecule has 98 valence electrons. The molecule has 0 radical (unpaired) electrons. The van der Waals surface area contributed by atoms with Gasteiger partial charge in [0.15, 0.2) is 0 Å². The predicted molar refractivity (Wildman–Crippen MR) is 75.1 cm³/mol. The minimum Gasteiger partial charge on any atom is -0.478 e. The maximum atomic E-state index is 11.1. The Labute approximate surface area is 112 Å². The second-order valence-electron chi connectivity index (χ2n) is 4.52. The van der Waals surface area contributed by atoms with Crippen molar-refractivity contribution in [2.24, 2.45) is 5.73 Å². The molecular weight excluding hydrogens is 238 g/mol. The molecule has 0 bridgehead atoms. The van der Waals surface area contributed by atoms with E-state index in [1.165, 1.54) is 5.56 Å². The van der Waals surface area contributed by atoms with E-state index in [1.54, 1.807) is 18.2 Å². The van der Waals surface area contributed by atoms with Crippen LogP contribution in [-0.2, 0) is 6.42 Å². The molecule has 3 nitrogen and oxygen atoms in total. The molecule has 1 atom stereocenters. The highest BCUT2D eigenvalue weighted by molar-refractivity contribution is 5.89. The number of carbonyl (C=O) groups is 1. The van der Waals surface area contributed by atoms with Crippen molar-refractivity contribution >= 4 is 5.97 Å². The molecule has 0 aliphatic rings. The molecule has 0 aromatic heterocycles. The summed E-state index contributed by atoms with van der Waals surface area (Å²) < 4.78 is 0. The third kappa shape index (κ3) is 3.42. The van der Waals surface area contributed by atoms with Crippen molar-refractivity contribution in [1.29, 1.82) is 0 Å². The smallest absolute Gasteiger partial charge is 0.336 e. The van der Waals surface area contributed by atoms with Crippen molar-refractivity contribution < 1.29 is 9.90 Å². The molecule has 1 unspecified atom stereocenters. The molecule has 2 aromatic rings. The van der Waals surface area contributed by atoms with Crippen molar-refractivity contribution in [2.75, 3.05) is 0 Å². The Balaban J connectivity index is 2.08. The van der Waals surface area contributed by atoms with Crippen molar-refractivity contribution in [1.82, 2.24) is 0 Å². The van der Waals surface area contributed by atoms with Gasteiger partial charge in [-0.25, -0.2) is 4.79 Å². The summed E-state index contributed by atoms with van der Waals surface area (Å²) in [5.74, 6) is -0.925. The summed E-state index contributed by atoms with van der Waals surface area (Å²) in [7, 11) is 0. The molecule has 0 saturated carbocycles. The largest absolute Gasteiger partial charge is 0.478 e. The zero-order valence-corrected chi connectivity index (χ0v) is 10.6. The quantitative estimate of drug-likeness (QED) is 0.863. The first-order chi connectivity index (χ1) is 9.18. The third-order valence-electron chi connectivity index (χ3n) is 3.18. The van der Waals surface area contributed by atoms with Crippen LogP contribution in [0.25, 0.3) is 0 Å². The van der Waals surface area contributed by atoms with E-state index in [2.05, 4.69) is 12.1 Å². The van der Waals surface area contributed by atoms with E-state index in [9.17, 15) is 4.79 Å². The van der Waals surface area contributed by atoms with Crippen molar-refractivity contribution in [3.8, 4) is 0 Å². The van der Waals surface area contributed by atoms with Crippen LogP contribution in [0.1, 0.15) is 33.9 Å². The summed E-state index contributed by atoms with van der Waals surface area (Å²) in [6.45, 7) is 0. The van der Waals surface area contributed by atoms with Gasteiger partial charge in [-0.05, 0) is 30.0 Å². The van der Waals surface area contributed by atoms with Gasteiger partial charge in [0.05, 0.1) is 5.56 Å². The maximum Gasteiger partial charge on any atom is 0.336 e. The maximum absolute atomic E-state index is 11.1. The lowest BCUT2D eigenvalue weighted by atomic mass is 9.96. The molecule has 0 fully saturated rings. The fourth-order valence-corrected chi connectivity index (χ4v) is 2.14. The average molecular weight is 255 g/mol. The third-order valence-corrected chi connectivity index (χ3v) is 3.18. The van der Waals surface area contributed by atoms with Crippen LogP contribution in [0.3, 0.4) is 0 Å². The van der Waals surface area contributed by atoms with Gasteiger partial charge in [0.25, 0.3) is 0 Å². The minimum atomic E-state index is -0.925. The Morgan fingerprint density at radius 1 is 1.05 bits per heavy atom. The van der Waals surface area contributed by atoms with E-state index >= 15 is 0 Å². The van der Waals surface area contributed by atoms with Crippen LogP contribution in [0.4, 0.5) is 0 Å². The van der Waals surface area contributed by atoms with Gasteiger partial charge in [-0.3, -0.25) is 0 Å². The van der Waals surface area contributed by atoms with E-state index < -0.39 is 5.97 Å². The highest BCUT2D eigenvalue weighted by Crippen LogP contribution is 2.20. The molecule has 0 heterocycles. The molecule has 0 aliphatic heterocycles. The number of aryl methyl sites for hydroxylation is 1. The van der Waals surface area contributed by atoms with Crippen LogP contribution in [0, 0.1) is 0 Å². The number of nitrogens with two attached hydrogens (primary N) is 1. The van der Waals surface area contributed by atoms with Crippen LogP contribution in [-0.4, -0.2) is 11.1 Å². The van der Waals surface area contributed by atoms with Crippen LogP contribution in [0.15, 0.2) is 54.6 Å². The molecule has 19 heavy (non-hydrogen) atoms. The average Bonchev–Trinajstić information content (AvgIpc) is 2.46. The molecule has 0 spiro atoms. The molecule has 0 amide bonds. The molecule has 0 saturated heterocycles. The Kier molecular flexibility index (Phi) is 4.31. The molecule has 3 heteroatoms. The first kappa shape index (κ1) is 13.3. The highest BCUT2D eigenvalue weighted by atomic mass is 16.4. The second-order valence-corrected chi connectivity index (χ2v) is 4.52. The van der Waals surface area contributed by atoms with E-state index in [0.717, 1.165) is 12.8 Å². The molecule has 2 aromatic carbocycles. The van der Waals surface area contributed by atoms with Gasteiger partial charge in [-0.2, -0.15) is 0 Å². The van der Waals surface area contributed by atoms with Crippen LogP contribution < -0.4 is 5.73 Å².